The van der Waals surface area contributed by atoms with Crippen molar-refractivity contribution in [3.05, 3.63) is 0 Å². The van der Waals surface area contributed by atoms with Crippen LogP contribution in [0.15, 0.2) is 0 Å². The van der Waals surface area contributed by atoms with Gasteiger partial charge in [0, 0.05) is 6.61 Å². The van der Waals surface area contributed by atoms with Crippen molar-refractivity contribution in [1.82, 2.24) is 0 Å². The normalized spacial score (nSPS) is 3.60. The first kappa shape index (κ1) is 16.4. The second-order valence-corrected chi connectivity index (χ2v) is 0.316. The van der Waals surface area contributed by atoms with Gasteiger partial charge in [-0.15, -0.1) is 17.0 Å². The lowest BCUT2D eigenvalue weighted by Crippen LogP contribution is -1.57. The fourth-order valence-corrected chi connectivity index (χ4v) is 0. The van der Waals surface area contributed by atoms with Gasteiger partial charge in [-0.3, -0.25) is 0 Å². The Kier molecular flexibility index (Phi) is 61.9. The Labute approximate surface area is 58.7 Å². The van der Waals surface area contributed by atoms with Crippen molar-refractivity contribution in [2.75, 3.05) is 6.61 Å². The van der Waals surface area contributed by atoms with Gasteiger partial charge in [0.05, 0.1) is 0 Å². The molecule has 0 unspecified atom stereocenters. The predicted molar refractivity (Wildman–Crippen MR) is 31.6 cm³/mol. The van der Waals surface area contributed by atoms with Crippen molar-refractivity contribution < 1.29 is 5.11 Å². The molecule has 0 rings (SSSR count). The van der Waals surface area contributed by atoms with Crippen LogP contribution in [0.5, 0.6) is 0 Å². The van der Waals surface area contributed by atoms with Gasteiger partial charge in [0.2, 0.25) is 0 Å². The summed E-state index contributed by atoms with van der Waals surface area (Å²) in [7, 11) is 0. The number of halogens is 1. The summed E-state index contributed by atoms with van der Waals surface area (Å²) in [5.41, 5.74) is 0. The molecule has 3 heteroatoms. The van der Waals surface area contributed by atoms with Crippen molar-refractivity contribution in [2.24, 2.45) is 0 Å². The molecule has 1 nitrogen and oxygen atoms in total. The molecule has 0 aliphatic rings. The van der Waals surface area contributed by atoms with Gasteiger partial charge < -0.3 is 5.11 Å². The minimum Gasteiger partial charge on any atom is -0.397 e. The third-order valence-electron chi connectivity index (χ3n) is 0. The van der Waals surface area contributed by atoms with Crippen molar-refractivity contribution in [1.29, 1.82) is 0 Å². The zero-order valence-corrected chi connectivity index (χ0v) is 4.28. The van der Waals surface area contributed by atoms with Crippen molar-refractivity contribution in [3.63, 3.8) is 0 Å². The van der Waals surface area contributed by atoms with Crippen LogP contribution >= 0.6 is 17.0 Å². The number of aliphatic hydroxyl groups excluding tert-OH is 1. The van der Waals surface area contributed by atoms with Crippen LogP contribution < -0.4 is 0 Å². The molecule has 0 spiro atoms. The monoisotopic (exact) mass is 152 g/mol. The maximum absolute atomic E-state index is 7.57. The highest BCUT2D eigenvalue weighted by Gasteiger charge is 1.34. The van der Waals surface area contributed by atoms with Gasteiger partial charge in [0.15, 0.2) is 0 Å². The van der Waals surface area contributed by atoms with Crippen LogP contribution in [0.4, 0.5) is 0 Å². The van der Waals surface area contributed by atoms with E-state index in [0.717, 1.165) is 0 Å². The molecule has 0 aromatic carbocycles. The van der Waals surface area contributed by atoms with Crippen molar-refractivity contribution >= 4 is 40.0 Å². The molecule has 0 saturated heterocycles. The van der Waals surface area contributed by atoms with Gasteiger partial charge in [0.1, 0.15) is 0 Å². The topological polar surface area (TPSA) is 20.2 Å². The van der Waals surface area contributed by atoms with E-state index in [4.69, 9.17) is 5.11 Å². The largest absolute Gasteiger partial charge is 0.397 e. The van der Waals surface area contributed by atoms with Crippen LogP contribution in [0, 0.1) is 0 Å². The van der Waals surface area contributed by atoms with Crippen LogP contribution in [0.25, 0.3) is 0 Å². The number of aliphatic hydroxyl groups is 1. The lowest BCUT2D eigenvalue weighted by Gasteiger charge is -1.52. The van der Waals surface area contributed by atoms with Crippen molar-refractivity contribution in [2.45, 2.75) is 6.92 Å². The Hall–Kier alpha value is 1.21. The maximum Gasteiger partial charge on any atom is 0.316 e. The molecule has 0 atom stereocenters. The average molecular weight is 153 g/mol. The molecule has 0 aliphatic carbocycles. The molecule has 0 aliphatic heterocycles. The molecule has 0 bridgehead atoms. The molecule has 1 N–H and O–H groups in total. The first-order valence-corrected chi connectivity index (χ1v) is 1.02. The fraction of sp³-hybridized carbons (Fsp3) is 1.00. The molecule has 0 heterocycles. The fourth-order valence-electron chi connectivity index (χ4n) is 0. The lowest BCUT2D eigenvalue weighted by molar-refractivity contribution is 0.318. The summed E-state index contributed by atoms with van der Waals surface area (Å²) in [6.07, 6.45) is 0. The molecular formula is C2H9BrMgO. The highest BCUT2D eigenvalue weighted by molar-refractivity contribution is 8.93. The Morgan fingerprint density at radius 3 is 1.60 bits per heavy atom. The molecular weight excluding hydrogens is 144 g/mol. The number of rotatable bonds is 0. The Balaban J connectivity index is -0.0000000200. The standard InChI is InChI=1S/C2H6O.BrH.Mg.2H/c1-2-3;;;;/h3H,2H2,1H3;1H;;;. The van der Waals surface area contributed by atoms with E-state index in [-0.39, 0.29) is 46.6 Å². The molecule has 32 valence electrons. The van der Waals surface area contributed by atoms with Gasteiger partial charge in [-0.1, -0.05) is 0 Å². The summed E-state index contributed by atoms with van der Waals surface area (Å²) in [6, 6.07) is 0. The van der Waals surface area contributed by atoms with Crippen molar-refractivity contribution in [3.8, 4) is 0 Å². The highest BCUT2D eigenvalue weighted by Crippen LogP contribution is 1.30. The minimum absolute atomic E-state index is 0. The van der Waals surface area contributed by atoms with Gasteiger partial charge in [-0.25, -0.2) is 0 Å². The summed E-state index contributed by atoms with van der Waals surface area (Å²) in [5, 5.41) is 7.57. The van der Waals surface area contributed by atoms with Gasteiger partial charge >= 0.3 is 23.1 Å². The van der Waals surface area contributed by atoms with Gasteiger partial charge in [-0.05, 0) is 6.92 Å². The van der Waals surface area contributed by atoms with E-state index in [1.54, 1.807) is 6.92 Å². The van der Waals surface area contributed by atoms with Gasteiger partial charge in [0.25, 0.3) is 0 Å². The summed E-state index contributed by atoms with van der Waals surface area (Å²) >= 11 is 0. The van der Waals surface area contributed by atoms with Crippen LogP contribution in [-0.2, 0) is 0 Å². The highest BCUT2D eigenvalue weighted by atomic mass is 79.9. The molecule has 5 heavy (non-hydrogen) atoms. The molecule has 0 aromatic rings. The van der Waals surface area contributed by atoms with E-state index >= 15 is 0 Å². The minimum atomic E-state index is 0. The van der Waals surface area contributed by atoms with Crippen LogP contribution in [0.3, 0.4) is 0 Å². The maximum atomic E-state index is 7.57. The van der Waals surface area contributed by atoms with E-state index < -0.39 is 0 Å². The van der Waals surface area contributed by atoms with Crippen LogP contribution in [-0.4, -0.2) is 34.8 Å². The summed E-state index contributed by atoms with van der Waals surface area (Å²) < 4.78 is 0. The zero-order chi connectivity index (χ0) is 2.71. The van der Waals surface area contributed by atoms with E-state index in [1.807, 2.05) is 0 Å². The average Bonchev–Trinajstić information content (AvgIpc) is 0.918. The molecule has 0 amide bonds. The summed E-state index contributed by atoms with van der Waals surface area (Å²) in [6.45, 7) is 1.93. The second-order valence-electron chi connectivity index (χ2n) is 0.316. The van der Waals surface area contributed by atoms with Gasteiger partial charge in [-0.2, -0.15) is 0 Å². The predicted octanol–water partition coefficient (Wildman–Crippen LogP) is -0.340. The number of hydrogen-bond donors (Lipinski definition) is 1. The van der Waals surface area contributed by atoms with Crippen LogP contribution in [0.1, 0.15) is 6.92 Å². The SMILES string of the molecule is Br.CCO.[MgH2]. The van der Waals surface area contributed by atoms with E-state index in [2.05, 4.69) is 0 Å². The van der Waals surface area contributed by atoms with E-state index in [1.165, 1.54) is 0 Å². The van der Waals surface area contributed by atoms with E-state index in [0.29, 0.717) is 0 Å². The lowest BCUT2D eigenvalue weighted by atomic mass is 10.9. The third-order valence-corrected chi connectivity index (χ3v) is 0. The Morgan fingerprint density at radius 1 is 1.60 bits per heavy atom. The second kappa shape index (κ2) is 18.9. The quantitative estimate of drug-likeness (QED) is 0.472. The summed E-state index contributed by atoms with van der Waals surface area (Å²) in [5.74, 6) is 0. The van der Waals surface area contributed by atoms with Crippen LogP contribution in [0.2, 0.25) is 0 Å². The third kappa shape index (κ3) is 36.8. The number of hydrogen-bond acceptors (Lipinski definition) is 1. The first-order chi connectivity index (χ1) is 1.41. The molecule has 0 radical (unpaired) electrons. The zero-order valence-electron chi connectivity index (χ0n) is 2.56. The molecule has 0 aromatic heterocycles. The van der Waals surface area contributed by atoms with E-state index in [9.17, 15) is 0 Å². The molecule has 0 saturated carbocycles. The summed E-state index contributed by atoms with van der Waals surface area (Å²) in [4.78, 5) is 0. The Bertz CT molecular complexity index is 9.61. The Morgan fingerprint density at radius 2 is 1.60 bits per heavy atom. The smallest absolute Gasteiger partial charge is 0.316 e. The first-order valence-electron chi connectivity index (χ1n) is 1.02. The molecule has 0 fully saturated rings.